The number of hydrogen-bond acceptors (Lipinski definition) is 3. The Bertz CT molecular complexity index is 680. The largest absolute Gasteiger partial charge is 0.482 e. The minimum Gasteiger partial charge on any atom is -0.482 e. The summed E-state index contributed by atoms with van der Waals surface area (Å²) in [6.07, 6.45) is 1.63. The number of hydrogen-bond donors (Lipinski definition) is 1. The van der Waals surface area contributed by atoms with E-state index in [2.05, 4.69) is 26.2 Å². The molecule has 21 heavy (non-hydrogen) atoms. The molecule has 1 N–H and O–H groups in total. The maximum Gasteiger partial charge on any atom is 0.263 e. The second-order valence-electron chi connectivity index (χ2n) is 4.23. The van der Waals surface area contributed by atoms with Crippen molar-refractivity contribution in [2.75, 3.05) is 11.9 Å². The highest BCUT2D eigenvalue weighted by Gasteiger charge is 2.08. The van der Waals surface area contributed by atoms with Crippen LogP contribution in [0.2, 0.25) is 10.0 Å². The van der Waals surface area contributed by atoms with Gasteiger partial charge in [-0.3, -0.25) is 4.79 Å². The minimum absolute atomic E-state index is 0.169. The van der Waals surface area contributed by atoms with Gasteiger partial charge in [0.1, 0.15) is 11.6 Å². The van der Waals surface area contributed by atoms with Gasteiger partial charge in [-0.25, -0.2) is 4.98 Å². The van der Waals surface area contributed by atoms with Gasteiger partial charge >= 0.3 is 0 Å². The maximum absolute atomic E-state index is 11.8. The third kappa shape index (κ3) is 4.59. The SMILES string of the molecule is Cc1cc(NC(=O)COc2ccc(Cl)cc2Cl)ncc1Br. The molecule has 0 radical (unpaired) electrons. The van der Waals surface area contributed by atoms with Gasteiger partial charge in [-0.1, -0.05) is 23.2 Å². The molecule has 0 unspecified atom stereocenters. The number of nitrogens with one attached hydrogen (secondary N) is 1. The van der Waals surface area contributed by atoms with Crippen molar-refractivity contribution < 1.29 is 9.53 Å². The average Bonchev–Trinajstić information content (AvgIpc) is 2.42. The summed E-state index contributed by atoms with van der Waals surface area (Å²) in [7, 11) is 0. The zero-order chi connectivity index (χ0) is 15.4. The van der Waals surface area contributed by atoms with Crippen molar-refractivity contribution in [3.63, 3.8) is 0 Å². The van der Waals surface area contributed by atoms with Gasteiger partial charge in [-0.05, 0) is 52.7 Å². The Hall–Kier alpha value is -1.30. The summed E-state index contributed by atoms with van der Waals surface area (Å²) in [5.74, 6) is 0.540. The molecule has 0 fully saturated rings. The Morgan fingerprint density at radius 2 is 2.14 bits per heavy atom. The van der Waals surface area contributed by atoms with Crippen LogP contribution in [-0.2, 0) is 4.79 Å². The minimum atomic E-state index is -0.324. The van der Waals surface area contributed by atoms with Crippen LogP contribution in [-0.4, -0.2) is 17.5 Å². The van der Waals surface area contributed by atoms with Crippen LogP contribution in [0.5, 0.6) is 5.75 Å². The van der Waals surface area contributed by atoms with Crippen molar-refractivity contribution in [1.82, 2.24) is 4.98 Å². The van der Waals surface area contributed by atoms with Crippen molar-refractivity contribution in [2.45, 2.75) is 6.92 Å². The van der Waals surface area contributed by atoms with Gasteiger partial charge in [0.15, 0.2) is 6.61 Å². The summed E-state index contributed by atoms with van der Waals surface area (Å²) in [6, 6.07) is 6.56. The predicted octanol–water partition coefficient (Wildman–Crippen LogP) is 4.48. The molecular formula is C14H11BrCl2N2O2. The van der Waals surface area contributed by atoms with Crippen LogP contribution in [0.1, 0.15) is 5.56 Å². The van der Waals surface area contributed by atoms with Crippen LogP contribution >= 0.6 is 39.1 Å². The number of aryl methyl sites for hydroxylation is 1. The van der Waals surface area contributed by atoms with Crippen molar-refractivity contribution in [3.05, 3.63) is 50.5 Å². The monoisotopic (exact) mass is 388 g/mol. The molecule has 1 aromatic carbocycles. The number of benzene rings is 1. The Kier molecular flexibility index (Phi) is 5.45. The van der Waals surface area contributed by atoms with E-state index in [1.54, 1.807) is 30.5 Å². The molecule has 0 saturated carbocycles. The molecule has 1 amide bonds. The van der Waals surface area contributed by atoms with Crippen molar-refractivity contribution in [2.24, 2.45) is 0 Å². The summed E-state index contributed by atoms with van der Waals surface area (Å²) < 4.78 is 6.22. The number of ether oxygens (including phenoxy) is 1. The van der Waals surface area contributed by atoms with E-state index < -0.39 is 0 Å². The van der Waals surface area contributed by atoms with Gasteiger partial charge < -0.3 is 10.1 Å². The molecule has 0 aliphatic rings. The smallest absolute Gasteiger partial charge is 0.263 e. The number of nitrogens with zero attached hydrogens (tertiary/aromatic N) is 1. The van der Waals surface area contributed by atoms with Gasteiger partial charge in [0.05, 0.1) is 5.02 Å². The molecule has 0 spiro atoms. The molecule has 4 nitrogen and oxygen atoms in total. The van der Waals surface area contributed by atoms with E-state index in [0.29, 0.717) is 21.6 Å². The Morgan fingerprint density at radius 1 is 1.38 bits per heavy atom. The first-order valence-corrected chi connectivity index (χ1v) is 7.50. The number of rotatable bonds is 4. The lowest BCUT2D eigenvalue weighted by Crippen LogP contribution is -2.20. The lowest BCUT2D eigenvalue weighted by Gasteiger charge is -2.09. The molecule has 1 aromatic heterocycles. The van der Waals surface area contributed by atoms with Crippen LogP contribution in [0.15, 0.2) is 34.9 Å². The number of carbonyl (C=O) groups excluding carboxylic acids is 1. The quantitative estimate of drug-likeness (QED) is 0.838. The molecule has 0 bridgehead atoms. The van der Waals surface area contributed by atoms with Gasteiger partial charge in [0.25, 0.3) is 5.91 Å². The second kappa shape index (κ2) is 7.11. The normalized spacial score (nSPS) is 10.3. The van der Waals surface area contributed by atoms with E-state index in [4.69, 9.17) is 27.9 Å². The van der Waals surface area contributed by atoms with Crippen molar-refractivity contribution >= 4 is 50.9 Å². The highest BCUT2D eigenvalue weighted by Crippen LogP contribution is 2.27. The number of pyridine rings is 1. The molecule has 0 atom stereocenters. The fourth-order valence-electron chi connectivity index (χ4n) is 1.52. The standard InChI is InChI=1S/C14H11BrCl2N2O2/c1-8-4-13(18-6-10(8)15)19-14(20)7-21-12-3-2-9(16)5-11(12)17/h2-6H,7H2,1H3,(H,18,19,20). The third-order valence-electron chi connectivity index (χ3n) is 2.57. The molecule has 110 valence electrons. The van der Waals surface area contributed by atoms with Gasteiger partial charge in [-0.15, -0.1) is 0 Å². The molecule has 2 rings (SSSR count). The van der Waals surface area contributed by atoms with E-state index in [9.17, 15) is 4.79 Å². The summed E-state index contributed by atoms with van der Waals surface area (Å²) in [4.78, 5) is 15.9. The molecule has 2 aromatic rings. The predicted molar refractivity (Wildman–Crippen MR) is 87.3 cm³/mol. The van der Waals surface area contributed by atoms with Crippen molar-refractivity contribution in [1.29, 1.82) is 0 Å². The van der Waals surface area contributed by atoms with E-state index in [-0.39, 0.29) is 12.5 Å². The molecule has 0 aliphatic heterocycles. The van der Waals surface area contributed by atoms with Crippen LogP contribution in [0.4, 0.5) is 5.82 Å². The first kappa shape index (κ1) is 16.1. The van der Waals surface area contributed by atoms with E-state index in [0.717, 1.165) is 10.0 Å². The van der Waals surface area contributed by atoms with E-state index >= 15 is 0 Å². The maximum atomic E-state index is 11.8. The zero-order valence-corrected chi connectivity index (χ0v) is 14.1. The molecular weight excluding hydrogens is 379 g/mol. The summed E-state index contributed by atoms with van der Waals surface area (Å²) >= 11 is 15.1. The Balaban J connectivity index is 1.94. The lowest BCUT2D eigenvalue weighted by molar-refractivity contribution is -0.118. The zero-order valence-electron chi connectivity index (χ0n) is 11.0. The fraction of sp³-hybridized carbons (Fsp3) is 0.143. The first-order valence-electron chi connectivity index (χ1n) is 5.95. The van der Waals surface area contributed by atoms with Crippen LogP contribution in [0, 0.1) is 6.92 Å². The molecule has 7 heteroatoms. The third-order valence-corrected chi connectivity index (χ3v) is 3.93. The number of anilines is 1. The van der Waals surface area contributed by atoms with Crippen LogP contribution < -0.4 is 10.1 Å². The number of amides is 1. The Morgan fingerprint density at radius 3 is 2.81 bits per heavy atom. The van der Waals surface area contributed by atoms with Crippen LogP contribution in [0.3, 0.4) is 0 Å². The van der Waals surface area contributed by atoms with Gasteiger partial charge in [-0.2, -0.15) is 0 Å². The highest BCUT2D eigenvalue weighted by molar-refractivity contribution is 9.10. The average molecular weight is 390 g/mol. The summed E-state index contributed by atoms with van der Waals surface area (Å²) in [6.45, 7) is 1.74. The lowest BCUT2D eigenvalue weighted by atomic mass is 10.3. The topological polar surface area (TPSA) is 51.2 Å². The van der Waals surface area contributed by atoms with E-state index in [1.807, 2.05) is 6.92 Å². The van der Waals surface area contributed by atoms with Gasteiger partial charge in [0, 0.05) is 15.7 Å². The van der Waals surface area contributed by atoms with E-state index in [1.165, 1.54) is 0 Å². The summed E-state index contributed by atoms with van der Waals surface area (Å²) in [5.41, 5.74) is 0.974. The fourth-order valence-corrected chi connectivity index (χ4v) is 2.20. The number of halogens is 3. The summed E-state index contributed by atoms with van der Waals surface area (Å²) in [5, 5.41) is 3.51. The second-order valence-corrected chi connectivity index (χ2v) is 5.93. The number of aromatic nitrogens is 1. The first-order chi connectivity index (χ1) is 9.95. The highest BCUT2D eigenvalue weighted by atomic mass is 79.9. The molecule has 1 heterocycles. The number of carbonyl (C=O) groups is 1. The van der Waals surface area contributed by atoms with Crippen molar-refractivity contribution in [3.8, 4) is 5.75 Å². The molecule has 0 saturated heterocycles. The Labute approximate surface area is 140 Å². The molecule has 0 aliphatic carbocycles. The van der Waals surface area contributed by atoms with Gasteiger partial charge in [0.2, 0.25) is 0 Å². The van der Waals surface area contributed by atoms with Crippen LogP contribution in [0.25, 0.3) is 0 Å².